The Labute approximate surface area is 204 Å². The molecular formula is C25H20FN5O3S. The van der Waals surface area contributed by atoms with Gasteiger partial charge in [-0.2, -0.15) is 10.1 Å². The molecule has 2 aromatic heterocycles. The summed E-state index contributed by atoms with van der Waals surface area (Å²) in [5.41, 5.74) is 2.37. The van der Waals surface area contributed by atoms with E-state index in [9.17, 15) is 14.0 Å². The summed E-state index contributed by atoms with van der Waals surface area (Å²) in [6, 6.07) is 18.3. The molecule has 3 heterocycles. The summed E-state index contributed by atoms with van der Waals surface area (Å²) >= 11 is 1.07. The first-order valence-electron chi connectivity index (χ1n) is 10.8. The number of amides is 1. The van der Waals surface area contributed by atoms with Crippen molar-refractivity contribution in [2.24, 2.45) is 5.10 Å². The second kappa shape index (κ2) is 9.67. The summed E-state index contributed by atoms with van der Waals surface area (Å²) in [6.45, 7) is 0. The van der Waals surface area contributed by atoms with Gasteiger partial charge in [-0.05, 0) is 59.7 Å². The molecule has 0 radical (unpaired) electrons. The lowest BCUT2D eigenvalue weighted by Gasteiger charge is -2.21. The number of rotatable bonds is 6. The van der Waals surface area contributed by atoms with E-state index in [-0.39, 0.29) is 28.7 Å². The minimum atomic E-state index is -0.462. The second-order valence-corrected chi connectivity index (χ2v) is 8.73. The van der Waals surface area contributed by atoms with Crippen molar-refractivity contribution in [2.45, 2.75) is 17.6 Å². The number of hydrogen-bond acceptors (Lipinski definition) is 7. The first-order valence-corrected chi connectivity index (χ1v) is 11.8. The van der Waals surface area contributed by atoms with Crippen LogP contribution >= 0.6 is 11.8 Å². The molecule has 0 fully saturated rings. The van der Waals surface area contributed by atoms with Crippen LogP contribution in [0.3, 0.4) is 0 Å². The number of pyridine rings is 1. The fourth-order valence-electron chi connectivity index (χ4n) is 3.85. The molecule has 0 saturated carbocycles. The average Bonchev–Trinajstić information content (AvgIpc) is 3.33. The maximum atomic E-state index is 13.5. The molecule has 0 bridgehead atoms. The normalized spacial score (nSPS) is 15.3. The Morgan fingerprint density at radius 1 is 1.09 bits per heavy atom. The molecule has 35 heavy (non-hydrogen) atoms. The predicted molar refractivity (Wildman–Crippen MR) is 130 cm³/mol. The van der Waals surface area contributed by atoms with Crippen molar-refractivity contribution in [1.29, 1.82) is 0 Å². The Hall–Kier alpha value is -4.05. The lowest BCUT2D eigenvalue weighted by molar-refractivity contribution is -0.130. The van der Waals surface area contributed by atoms with Crippen LogP contribution in [0.2, 0.25) is 0 Å². The summed E-state index contributed by atoms with van der Waals surface area (Å²) in [4.78, 5) is 33.8. The van der Waals surface area contributed by atoms with E-state index in [1.54, 1.807) is 43.6 Å². The van der Waals surface area contributed by atoms with Crippen LogP contribution in [0.1, 0.15) is 23.6 Å². The Kier molecular flexibility index (Phi) is 6.28. The second-order valence-electron chi connectivity index (χ2n) is 7.79. The van der Waals surface area contributed by atoms with Gasteiger partial charge in [0.2, 0.25) is 0 Å². The predicted octanol–water partition coefficient (Wildman–Crippen LogP) is 3.71. The number of hydrogen-bond donors (Lipinski definition) is 0. The zero-order valence-corrected chi connectivity index (χ0v) is 19.5. The topological polar surface area (TPSA) is 89.2 Å². The lowest BCUT2D eigenvalue weighted by atomic mass is 9.98. The van der Waals surface area contributed by atoms with Gasteiger partial charge in [0.05, 0.1) is 24.6 Å². The van der Waals surface area contributed by atoms with Crippen LogP contribution in [-0.4, -0.2) is 43.9 Å². The molecule has 176 valence electrons. The molecule has 1 aliphatic rings. The third-order valence-electron chi connectivity index (χ3n) is 5.61. The molecule has 0 N–H and O–H groups in total. The van der Waals surface area contributed by atoms with Crippen LogP contribution in [0.25, 0.3) is 5.65 Å². The van der Waals surface area contributed by atoms with Gasteiger partial charge in [0.15, 0.2) is 5.16 Å². The summed E-state index contributed by atoms with van der Waals surface area (Å²) in [5.74, 6) is 0.0819. The van der Waals surface area contributed by atoms with E-state index < -0.39 is 5.69 Å². The minimum Gasteiger partial charge on any atom is -0.497 e. The number of methoxy groups -OCH3 is 1. The van der Waals surface area contributed by atoms with Gasteiger partial charge in [0.25, 0.3) is 5.91 Å². The van der Waals surface area contributed by atoms with Crippen molar-refractivity contribution in [3.63, 3.8) is 0 Å². The Morgan fingerprint density at radius 2 is 1.86 bits per heavy atom. The van der Waals surface area contributed by atoms with Crippen molar-refractivity contribution in [2.75, 3.05) is 12.9 Å². The maximum absolute atomic E-state index is 13.5. The minimum absolute atomic E-state index is 0.0144. The van der Waals surface area contributed by atoms with Crippen molar-refractivity contribution >= 4 is 29.0 Å². The molecule has 0 aliphatic carbocycles. The number of aromatic nitrogens is 3. The number of nitrogens with zero attached hydrogens (tertiary/aromatic N) is 5. The zero-order chi connectivity index (χ0) is 24.4. The number of halogens is 1. The van der Waals surface area contributed by atoms with E-state index in [0.29, 0.717) is 12.1 Å². The van der Waals surface area contributed by atoms with Crippen LogP contribution in [-0.2, 0) is 4.79 Å². The number of ether oxygens (including phenoxy) is 1. The summed E-state index contributed by atoms with van der Waals surface area (Å²) in [6.07, 6.45) is 2.06. The molecule has 8 nitrogen and oxygen atoms in total. The number of hydrazone groups is 1. The van der Waals surface area contributed by atoms with E-state index in [1.165, 1.54) is 21.5 Å². The number of fused-ring (bicyclic) bond motifs is 1. The fourth-order valence-corrected chi connectivity index (χ4v) is 4.53. The summed E-state index contributed by atoms with van der Waals surface area (Å²) in [5, 5.41) is 6.26. The molecule has 5 rings (SSSR count). The molecule has 0 spiro atoms. The van der Waals surface area contributed by atoms with Crippen molar-refractivity contribution in [3.05, 3.63) is 100 Å². The molecular weight excluding hydrogens is 469 g/mol. The van der Waals surface area contributed by atoms with Crippen LogP contribution < -0.4 is 10.4 Å². The van der Waals surface area contributed by atoms with Gasteiger partial charge < -0.3 is 4.74 Å². The number of benzene rings is 2. The SMILES string of the molecule is COc1ccc(C2=NN(C(=O)CSc3nc(=O)n4ccccc4n3)[C@H](c3ccc(F)cc3)C2)cc1. The zero-order valence-electron chi connectivity index (χ0n) is 18.7. The standard InChI is InChI=1S/C25H20FN5O3S/c1-34-19-11-7-16(8-12-19)20-14-21(17-5-9-18(26)10-6-17)31(29-20)23(32)15-35-24-27-22-4-2-3-13-30(22)25(33)28-24/h2-13,21H,14-15H2,1H3/t21-/m0/s1. The van der Waals surface area contributed by atoms with E-state index in [1.807, 2.05) is 24.3 Å². The van der Waals surface area contributed by atoms with Gasteiger partial charge in [-0.15, -0.1) is 0 Å². The highest BCUT2D eigenvalue weighted by Gasteiger charge is 2.33. The van der Waals surface area contributed by atoms with Crippen molar-refractivity contribution in [1.82, 2.24) is 19.4 Å². The van der Waals surface area contributed by atoms with Crippen LogP contribution in [0, 0.1) is 5.82 Å². The maximum Gasteiger partial charge on any atom is 0.355 e. The molecule has 1 atom stereocenters. The Morgan fingerprint density at radius 3 is 2.60 bits per heavy atom. The summed E-state index contributed by atoms with van der Waals surface area (Å²) < 4.78 is 20.1. The lowest BCUT2D eigenvalue weighted by Crippen LogP contribution is -2.29. The average molecular weight is 490 g/mol. The summed E-state index contributed by atoms with van der Waals surface area (Å²) in [7, 11) is 1.60. The van der Waals surface area contributed by atoms with E-state index in [2.05, 4.69) is 15.1 Å². The van der Waals surface area contributed by atoms with Crippen LogP contribution in [0.4, 0.5) is 4.39 Å². The highest BCUT2D eigenvalue weighted by molar-refractivity contribution is 7.99. The van der Waals surface area contributed by atoms with Gasteiger partial charge in [-0.3, -0.25) is 9.20 Å². The van der Waals surface area contributed by atoms with Gasteiger partial charge in [-0.1, -0.05) is 30.0 Å². The number of thioether (sulfide) groups is 1. The fraction of sp³-hybridized carbons (Fsp3) is 0.160. The quantitative estimate of drug-likeness (QED) is 0.384. The molecule has 0 unspecified atom stereocenters. The van der Waals surface area contributed by atoms with Crippen LogP contribution in [0.5, 0.6) is 5.75 Å². The first-order chi connectivity index (χ1) is 17.0. The molecule has 0 saturated heterocycles. The highest BCUT2D eigenvalue weighted by Crippen LogP contribution is 2.34. The van der Waals surface area contributed by atoms with E-state index in [4.69, 9.17) is 4.74 Å². The third kappa shape index (κ3) is 4.78. The van der Waals surface area contributed by atoms with Gasteiger partial charge in [-0.25, -0.2) is 19.2 Å². The largest absolute Gasteiger partial charge is 0.497 e. The molecule has 1 amide bonds. The van der Waals surface area contributed by atoms with Gasteiger partial charge in [0, 0.05) is 12.6 Å². The smallest absolute Gasteiger partial charge is 0.355 e. The molecule has 10 heteroatoms. The van der Waals surface area contributed by atoms with Gasteiger partial charge in [0.1, 0.15) is 17.2 Å². The molecule has 1 aliphatic heterocycles. The van der Waals surface area contributed by atoms with Crippen molar-refractivity contribution in [3.8, 4) is 5.75 Å². The number of carbonyl (C=O) groups excluding carboxylic acids is 1. The van der Waals surface area contributed by atoms with E-state index >= 15 is 0 Å². The molecule has 2 aromatic carbocycles. The van der Waals surface area contributed by atoms with Crippen molar-refractivity contribution < 1.29 is 13.9 Å². The van der Waals surface area contributed by atoms with Gasteiger partial charge >= 0.3 is 5.69 Å². The molecule has 4 aromatic rings. The third-order valence-corrected chi connectivity index (χ3v) is 6.45. The van der Waals surface area contributed by atoms with Crippen LogP contribution in [0.15, 0.2) is 88.0 Å². The highest BCUT2D eigenvalue weighted by atomic mass is 32.2. The Balaban J connectivity index is 1.40. The number of carbonyl (C=O) groups is 1. The Bertz CT molecular complexity index is 1470. The van der Waals surface area contributed by atoms with E-state index in [0.717, 1.165) is 34.3 Å². The first kappa shape index (κ1) is 22.7. The monoisotopic (exact) mass is 489 g/mol.